The van der Waals surface area contributed by atoms with Crippen LogP contribution in [0.25, 0.3) is 11.5 Å². The lowest BCUT2D eigenvalue weighted by atomic mass is 10.2. The highest BCUT2D eigenvalue weighted by molar-refractivity contribution is 5.82. The van der Waals surface area contributed by atoms with Crippen molar-refractivity contribution in [3.05, 3.63) is 40.3 Å². The molecule has 86 valence electrons. The largest absolute Gasteiger partial charge is 0.474 e. The van der Waals surface area contributed by atoms with Crippen LogP contribution < -0.4 is 0 Å². The van der Waals surface area contributed by atoms with E-state index < -0.39 is 16.8 Å². The van der Waals surface area contributed by atoms with Gasteiger partial charge in [-0.3, -0.25) is 10.1 Å². The SMILES string of the molecule is O=C(O)c1nnc(-c2cccc([N+](=O)[O-])c2)o1. The van der Waals surface area contributed by atoms with Crippen LogP contribution in [0, 0.1) is 10.1 Å². The highest BCUT2D eigenvalue weighted by Crippen LogP contribution is 2.22. The van der Waals surface area contributed by atoms with Crippen molar-refractivity contribution in [2.75, 3.05) is 0 Å². The van der Waals surface area contributed by atoms with Crippen molar-refractivity contribution in [2.24, 2.45) is 0 Å². The molecule has 0 unspecified atom stereocenters. The Labute approximate surface area is 93.7 Å². The lowest BCUT2D eigenvalue weighted by Gasteiger charge is -1.94. The molecule has 2 aromatic rings. The molecule has 0 amide bonds. The minimum Gasteiger partial charge on any atom is -0.474 e. The molecule has 8 nitrogen and oxygen atoms in total. The van der Waals surface area contributed by atoms with Crippen LogP contribution in [0.5, 0.6) is 0 Å². The number of carboxylic acid groups (broad SMARTS) is 1. The van der Waals surface area contributed by atoms with Crippen LogP contribution in [-0.2, 0) is 0 Å². The van der Waals surface area contributed by atoms with E-state index >= 15 is 0 Å². The number of nitro groups is 1. The predicted octanol–water partition coefficient (Wildman–Crippen LogP) is 1.34. The molecule has 17 heavy (non-hydrogen) atoms. The molecule has 0 spiro atoms. The number of nitrogens with zero attached hydrogens (tertiary/aromatic N) is 3. The number of benzene rings is 1. The predicted molar refractivity (Wildman–Crippen MR) is 53.3 cm³/mol. The smallest absolute Gasteiger partial charge is 0.393 e. The van der Waals surface area contributed by atoms with E-state index in [2.05, 4.69) is 10.2 Å². The summed E-state index contributed by atoms with van der Waals surface area (Å²) < 4.78 is 4.82. The maximum absolute atomic E-state index is 10.5. The summed E-state index contributed by atoms with van der Waals surface area (Å²) in [6.45, 7) is 0. The topological polar surface area (TPSA) is 119 Å². The van der Waals surface area contributed by atoms with Gasteiger partial charge in [0.25, 0.3) is 5.69 Å². The zero-order valence-electron chi connectivity index (χ0n) is 8.23. The van der Waals surface area contributed by atoms with E-state index in [1.54, 1.807) is 0 Å². The molecule has 0 atom stereocenters. The number of nitro benzene ring substituents is 1. The van der Waals surface area contributed by atoms with Crippen molar-refractivity contribution in [2.45, 2.75) is 0 Å². The third-order valence-corrected chi connectivity index (χ3v) is 1.91. The summed E-state index contributed by atoms with van der Waals surface area (Å²) in [5, 5.41) is 25.9. The molecular formula is C9H5N3O5. The molecular weight excluding hydrogens is 230 g/mol. The Hall–Kier alpha value is -2.77. The van der Waals surface area contributed by atoms with E-state index in [9.17, 15) is 14.9 Å². The van der Waals surface area contributed by atoms with Crippen LogP contribution in [0.2, 0.25) is 0 Å². The molecule has 1 N–H and O–H groups in total. The van der Waals surface area contributed by atoms with Gasteiger partial charge in [-0.15, -0.1) is 10.2 Å². The summed E-state index contributed by atoms with van der Waals surface area (Å²) in [5.74, 6) is -1.99. The summed E-state index contributed by atoms with van der Waals surface area (Å²) in [7, 11) is 0. The normalized spacial score (nSPS) is 10.1. The second-order valence-electron chi connectivity index (χ2n) is 3.02. The lowest BCUT2D eigenvalue weighted by molar-refractivity contribution is -0.384. The number of carbonyl (C=O) groups is 1. The quantitative estimate of drug-likeness (QED) is 0.629. The Bertz CT molecular complexity index is 592. The molecule has 0 radical (unpaired) electrons. The average Bonchev–Trinajstić information content (AvgIpc) is 2.78. The van der Waals surface area contributed by atoms with E-state index in [4.69, 9.17) is 9.52 Å². The fraction of sp³-hybridized carbons (Fsp3) is 0. The summed E-state index contributed by atoms with van der Waals surface area (Å²) in [5.41, 5.74) is 0.150. The molecule has 0 saturated carbocycles. The first kappa shape index (κ1) is 10.7. The molecule has 0 bridgehead atoms. The van der Waals surface area contributed by atoms with E-state index in [0.717, 1.165) is 0 Å². The third-order valence-electron chi connectivity index (χ3n) is 1.91. The van der Waals surface area contributed by atoms with Gasteiger partial charge in [-0.2, -0.15) is 0 Å². The van der Waals surface area contributed by atoms with Gasteiger partial charge in [0.15, 0.2) is 0 Å². The summed E-state index contributed by atoms with van der Waals surface area (Å²) in [6.07, 6.45) is 0. The Morgan fingerprint density at radius 2 is 2.18 bits per heavy atom. The first-order valence-corrected chi connectivity index (χ1v) is 4.39. The molecule has 0 aliphatic carbocycles. The van der Waals surface area contributed by atoms with E-state index in [0.29, 0.717) is 5.56 Å². The number of aromatic carboxylic acids is 1. The monoisotopic (exact) mass is 235 g/mol. The zero-order chi connectivity index (χ0) is 12.4. The third kappa shape index (κ3) is 2.09. The molecule has 1 aromatic carbocycles. The molecule has 1 aromatic heterocycles. The standard InChI is InChI=1S/C9H5N3O5/c13-9(14)8-11-10-7(17-8)5-2-1-3-6(4-5)12(15)16/h1-4H,(H,13,14). The maximum Gasteiger partial charge on any atom is 0.393 e. The summed E-state index contributed by atoms with van der Waals surface area (Å²) in [6, 6.07) is 5.47. The van der Waals surface area contributed by atoms with Gasteiger partial charge in [-0.05, 0) is 6.07 Å². The number of non-ortho nitro benzene ring substituents is 1. The molecule has 8 heteroatoms. The number of rotatable bonds is 3. The van der Waals surface area contributed by atoms with Crippen LogP contribution in [0.4, 0.5) is 5.69 Å². The van der Waals surface area contributed by atoms with Gasteiger partial charge in [-0.25, -0.2) is 4.79 Å². The van der Waals surface area contributed by atoms with Crippen molar-refractivity contribution >= 4 is 11.7 Å². The Morgan fingerprint density at radius 3 is 2.76 bits per heavy atom. The van der Waals surface area contributed by atoms with Gasteiger partial charge in [0.05, 0.1) is 4.92 Å². The Morgan fingerprint density at radius 1 is 1.41 bits per heavy atom. The first-order valence-electron chi connectivity index (χ1n) is 4.39. The number of hydrogen-bond donors (Lipinski definition) is 1. The minimum absolute atomic E-state index is 0.0777. The van der Waals surface area contributed by atoms with Gasteiger partial charge in [0, 0.05) is 17.7 Å². The van der Waals surface area contributed by atoms with Crippen molar-refractivity contribution in [1.82, 2.24) is 10.2 Å². The van der Waals surface area contributed by atoms with Crippen molar-refractivity contribution in [3.8, 4) is 11.5 Å². The van der Waals surface area contributed by atoms with E-state index in [1.165, 1.54) is 24.3 Å². The minimum atomic E-state index is -1.35. The number of carboxylic acids is 1. The van der Waals surface area contributed by atoms with Crippen LogP contribution in [-0.4, -0.2) is 26.2 Å². The van der Waals surface area contributed by atoms with Gasteiger partial charge in [-0.1, -0.05) is 6.07 Å². The van der Waals surface area contributed by atoms with Gasteiger partial charge in [0.2, 0.25) is 5.89 Å². The van der Waals surface area contributed by atoms with E-state index in [-0.39, 0.29) is 11.6 Å². The fourth-order valence-corrected chi connectivity index (χ4v) is 1.18. The Kier molecular flexibility index (Phi) is 2.53. The van der Waals surface area contributed by atoms with Crippen molar-refractivity contribution in [1.29, 1.82) is 0 Å². The average molecular weight is 235 g/mol. The highest BCUT2D eigenvalue weighted by Gasteiger charge is 2.16. The zero-order valence-corrected chi connectivity index (χ0v) is 8.23. The highest BCUT2D eigenvalue weighted by atomic mass is 16.6. The molecule has 0 aliphatic rings. The summed E-state index contributed by atoms with van der Waals surface area (Å²) in [4.78, 5) is 20.5. The van der Waals surface area contributed by atoms with Crippen molar-refractivity contribution < 1.29 is 19.2 Å². The number of aromatic nitrogens is 2. The number of hydrogen-bond acceptors (Lipinski definition) is 6. The van der Waals surface area contributed by atoms with Crippen LogP contribution >= 0.6 is 0 Å². The van der Waals surface area contributed by atoms with Crippen LogP contribution in [0.15, 0.2) is 28.7 Å². The molecule has 0 saturated heterocycles. The molecule has 1 heterocycles. The Balaban J connectivity index is 2.42. The maximum atomic E-state index is 10.5. The first-order chi connectivity index (χ1) is 8.08. The van der Waals surface area contributed by atoms with Crippen LogP contribution in [0.1, 0.15) is 10.7 Å². The van der Waals surface area contributed by atoms with E-state index in [1.807, 2.05) is 0 Å². The second-order valence-corrected chi connectivity index (χ2v) is 3.02. The fourth-order valence-electron chi connectivity index (χ4n) is 1.18. The van der Waals surface area contributed by atoms with Gasteiger partial charge >= 0.3 is 11.9 Å². The lowest BCUT2D eigenvalue weighted by Crippen LogP contribution is -1.95. The van der Waals surface area contributed by atoms with Crippen molar-refractivity contribution in [3.63, 3.8) is 0 Å². The second kappa shape index (κ2) is 4.00. The molecule has 0 fully saturated rings. The van der Waals surface area contributed by atoms with Gasteiger partial charge < -0.3 is 9.52 Å². The van der Waals surface area contributed by atoms with Gasteiger partial charge in [0.1, 0.15) is 0 Å². The molecule has 2 rings (SSSR count). The molecule has 0 aliphatic heterocycles. The van der Waals surface area contributed by atoms with Crippen LogP contribution in [0.3, 0.4) is 0 Å². The summed E-state index contributed by atoms with van der Waals surface area (Å²) >= 11 is 0.